The Hall–Kier alpha value is -1.65. The zero-order valence-corrected chi connectivity index (χ0v) is 20.8. The number of carbonyl (C=O) groups is 3. The molecule has 0 spiro atoms. The summed E-state index contributed by atoms with van der Waals surface area (Å²) in [4.78, 5) is 35.8. The lowest BCUT2D eigenvalue weighted by molar-refractivity contribution is -0.161. The second kappa shape index (κ2) is 10.3. The Morgan fingerprint density at radius 2 is 1.97 bits per heavy atom. The average Bonchev–Trinajstić information content (AvgIpc) is 3.13. The highest BCUT2D eigenvalue weighted by Crippen LogP contribution is 2.63. The zero-order chi connectivity index (χ0) is 23.6. The number of rotatable bonds is 8. The largest absolute Gasteiger partial charge is 0.463 e. The van der Waals surface area contributed by atoms with Crippen LogP contribution in [0.2, 0.25) is 0 Å². The van der Waals surface area contributed by atoms with Gasteiger partial charge >= 0.3 is 11.9 Å². The number of allylic oxidation sites excluding steroid dienone is 1. The van der Waals surface area contributed by atoms with Crippen molar-refractivity contribution in [1.29, 1.82) is 0 Å². The molecule has 0 heterocycles. The van der Waals surface area contributed by atoms with Crippen molar-refractivity contribution in [2.24, 2.45) is 40.9 Å². The van der Waals surface area contributed by atoms with Gasteiger partial charge in [-0.2, -0.15) is 0 Å². The van der Waals surface area contributed by atoms with Gasteiger partial charge < -0.3 is 9.47 Å². The fraction of sp³-hybridized carbons (Fsp3) is 0.821. The summed E-state index contributed by atoms with van der Waals surface area (Å²) in [5.74, 6) is 2.97. The second-order valence-electron chi connectivity index (χ2n) is 11.6. The maximum absolute atomic E-state index is 12.0. The molecule has 0 amide bonds. The van der Waals surface area contributed by atoms with Crippen molar-refractivity contribution in [3.8, 4) is 0 Å². The highest BCUT2D eigenvalue weighted by molar-refractivity contribution is 5.91. The van der Waals surface area contributed by atoms with E-state index in [-0.39, 0.29) is 18.5 Å². The van der Waals surface area contributed by atoms with Crippen LogP contribution in [0.15, 0.2) is 11.6 Å². The molecule has 0 saturated heterocycles. The van der Waals surface area contributed by atoms with Gasteiger partial charge in [0, 0.05) is 6.42 Å². The van der Waals surface area contributed by atoms with Crippen LogP contribution in [0.3, 0.4) is 0 Å². The quantitative estimate of drug-likeness (QED) is 0.439. The highest BCUT2D eigenvalue weighted by atomic mass is 16.6. The number of carbonyl (C=O) groups excluding carboxylic acids is 3. The normalized spacial score (nSPS) is 36.2. The van der Waals surface area contributed by atoms with E-state index in [4.69, 9.17) is 9.47 Å². The second-order valence-corrected chi connectivity index (χ2v) is 11.6. The van der Waals surface area contributed by atoms with E-state index >= 15 is 0 Å². The molecular formula is C28H42O5. The molecule has 3 fully saturated rings. The summed E-state index contributed by atoms with van der Waals surface area (Å²) in [7, 11) is 0. The number of ketones is 1. The molecular weight excluding hydrogens is 416 g/mol. The molecule has 4 rings (SSSR count). The van der Waals surface area contributed by atoms with E-state index in [9.17, 15) is 14.4 Å². The fourth-order valence-corrected chi connectivity index (χ4v) is 7.81. The lowest BCUT2D eigenvalue weighted by atomic mass is 9.52. The minimum absolute atomic E-state index is 0.172. The maximum Gasteiger partial charge on any atom is 0.344 e. The average molecular weight is 459 g/mol. The molecule has 0 radical (unpaired) electrons. The van der Waals surface area contributed by atoms with Crippen molar-refractivity contribution >= 4 is 17.7 Å². The van der Waals surface area contributed by atoms with Crippen LogP contribution in [-0.4, -0.2) is 30.9 Å². The van der Waals surface area contributed by atoms with Crippen molar-refractivity contribution in [2.75, 3.05) is 13.2 Å². The summed E-state index contributed by atoms with van der Waals surface area (Å²) in [5, 5.41) is 0. The molecule has 0 aromatic carbocycles. The van der Waals surface area contributed by atoms with Crippen LogP contribution in [0.25, 0.3) is 0 Å². The van der Waals surface area contributed by atoms with Crippen LogP contribution in [0.4, 0.5) is 0 Å². The Balaban J connectivity index is 1.24. The first-order valence-electron chi connectivity index (χ1n) is 13.4. The molecule has 3 saturated carbocycles. The third-order valence-corrected chi connectivity index (χ3v) is 9.41. The van der Waals surface area contributed by atoms with Gasteiger partial charge in [0.1, 0.15) is 0 Å². The molecule has 0 bridgehead atoms. The van der Waals surface area contributed by atoms with Gasteiger partial charge in [0.25, 0.3) is 0 Å². The van der Waals surface area contributed by atoms with Crippen molar-refractivity contribution in [3.05, 3.63) is 11.6 Å². The topological polar surface area (TPSA) is 69.7 Å². The van der Waals surface area contributed by atoms with Crippen LogP contribution in [0.1, 0.15) is 91.4 Å². The SMILES string of the molecule is CCCC(C)C(=O)OCC(=O)OCC[C@H]1C[C@H]2[C@@H]3CCC4=CC(=O)CC[C@@H]4[C@H]3CC[C@]2(C)C1. The Morgan fingerprint density at radius 3 is 2.76 bits per heavy atom. The monoisotopic (exact) mass is 458 g/mol. The summed E-state index contributed by atoms with van der Waals surface area (Å²) >= 11 is 0. The van der Waals surface area contributed by atoms with E-state index in [1.807, 2.05) is 19.9 Å². The van der Waals surface area contributed by atoms with Crippen molar-refractivity contribution in [3.63, 3.8) is 0 Å². The van der Waals surface area contributed by atoms with Crippen LogP contribution in [-0.2, 0) is 23.9 Å². The molecule has 5 heteroatoms. The summed E-state index contributed by atoms with van der Waals surface area (Å²) in [6, 6.07) is 0. The lowest BCUT2D eigenvalue weighted by Gasteiger charge is -2.52. The fourth-order valence-electron chi connectivity index (χ4n) is 7.81. The van der Waals surface area contributed by atoms with Crippen LogP contribution >= 0.6 is 0 Å². The van der Waals surface area contributed by atoms with E-state index in [0.717, 1.165) is 56.3 Å². The minimum Gasteiger partial charge on any atom is -0.463 e. The lowest BCUT2D eigenvalue weighted by Crippen LogP contribution is -2.44. The smallest absolute Gasteiger partial charge is 0.344 e. The molecule has 0 aliphatic heterocycles. The van der Waals surface area contributed by atoms with Gasteiger partial charge in [-0.15, -0.1) is 0 Å². The van der Waals surface area contributed by atoms with E-state index in [1.54, 1.807) is 0 Å². The number of esters is 2. The zero-order valence-electron chi connectivity index (χ0n) is 20.8. The Kier molecular flexibility index (Phi) is 7.65. The predicted molar refractivity (Wildman–Crippen MR) is 126 cm³/mol. The van der Waals surface area contributed by atoms with Crippen LogP contribution in [0.5, 0.6) is 0 Å². The van der Waals surface area contributed by atoms with Crippen LogP contribution < -0.4 is 0 Å². The van der Waals surface area contributed by atoms with Gasteiger partial charge in [0.15, 0.2) is 12.4 Å². The van der Waals surface area contributed by atoms with Crippen molar-refractivity contribution < 1.29 is 23.9 Å². The third kappa shape index (κ3) is 5.38. The van der Waals surface area contributed by atoms with E-state index < -0.39 is 5.97 Å². The third-order valence-electron chi connectivity index (χ3n) is 9.41. The van der Waals surface area contributed by atoms with Gasteiger partial charge in [0.05, 0.1) is 12.5 Å². The number of hydrogen-bond acceptors (Lipinski definition) is 5. The molecule has 4 aliphatic carbocycles. The van der Waals surface area contributed by atoms with Gasteiger partial charge in [-0.3, -0.25) is 9.59 Å². The first kappa shape index (κ1) is 24.5. The summed E-state index contributed by atoms with van der Waals surface area (Å²) < 4.78 is 10.5. The number of hydrogen-bond donors (Lipinski definition) is 0. The molecule has 5 nitrogen and oxygen atoms in total. The molecule has 0 aromatic heterocycles. The minimum atomic E-state index is -0.438. The van der Waals surface area contributed by atoms with E-state index in [0.29, 0.717) is 29.6 Å². The first-order chi connectivity index (χ1) is 15.8. The molecule has 0 N–H and O–H groups in total. The van der Waals surface area contributed by atoms with Gasteiger partial charge in [-0.1, -0.05) is 32.8 Å². The summed E-state index contributed by atoms with van der Waals surface area (Å²) in [6.07, 6.45) is 13.8. The number of ether oxygens (including phenoxy) is 2. The Bertz CT molecular complexity index is 785. The molecule has 0 aromatic rings. The summed E-state index contributed by atoms with van der Waals surface area (Å²) in [5.41, 5.74) is 1.86. The highest BCUT2D eigenvalue weighted by Gasteiger charge is 2.54. The van der Waals surface area contributed by atoms with Crippen LogP contribution in [0, 0.1) is 40.9 Å². The van der Waals surface area contributed by atoms with Crippen molar-refractivity contribution in [2.45, 2.75) is 91.4 Å². The maximum atomic E-state index is 12.0. The Labute approximate surface area is 199 Å². The van der Waals surface area contributed by atoms with E-state index in [2.05, 4.69) is 6.92 Å². The van der Waals surface area contributed by atoms with E-state index in [1.165, 1.54) is 37.7 Å². The molecule has 184 valence electrons. The molecule has 33 heavy (non-hydrogen) atoms. The van der Waals surface area contributed by atoms with Gasteiger partial charge in [-0.25, -0.2) is 4.79 Å². The molecule has 1 unspecified atom stereocenters. The Morgan fingerprint density at radius 1 is 1.15 bits per heavy atom. The standard InChI is InChI=1S/C28H42O5/c1-4-5-18(2)27(31)33-17-26(30)32-13-11-19-14-25-24-8-6-20-15-21(29)7-9-22(20)23(24)10-12-28(25,3)16-19/h15,18-19,22-25H,4-14,16-17H2,1-3H3/t18?,19-,22-,23+,24+,25-,28+/m0/s1. The summed E-state index contributed by atoms with van der Waals surface area (Å²) in [6.45, 7) is 6.49. The van der Waals surface area contributed by atoms with Crippen molar-refractivity contribution in [1.82, 2.24) is 0 Å². The first-order valence-corrected chi connectivity index (χ1v) is 13.4. The molecule has 4 aliphatic rings. The number of fused-ring (bicyclic) bond motifs is 5. The predicted octanol–water partition coefficient (Wildman–Crippen LogP) is 5.66. The molecule has 7 atom stereocenters. The van der Waals surface area contributed by atoms with Gasteiger partial charge in [-0.05, 0) is 98.9 Å². The van der Waals surface area contributed by atoms with Gasteiger partial charge in [0.2, 0.25) is 0 Å².